The first kappa shape index (κ1) is 19.5. The van der Waals surface area contributed by atoms with Crippen molar-refractivity contribution >= 4 is 33.8 Å². The zero-order valence-corrected chi connectivity index (χ0v) is 14.9. The number of ether oxygens (including phenoxy) is 1. The second-order valence-electron chi connectivity index (χ2n) is 5.48. The number of halogens is 3. The van der Waals surface area contributed by atoms with Crippen LogP contribution in [-0.4, -0.2) is 24.6 Å². The largest absolute Gasteiger partial charge is 0.484 e. The van der Waals surface area contributed by atoms with Crippen molar-refractivity contribution in [2.75, 3.05) is 17.2 Å². The normalized spacial score (nSPS) is 11.1. The number of nitrogens with one attached hydrogen (secondary N) is 2. The lowest BCUT2D eigenvalue weighted by Crippen LogP contribution is -2.19. The molecule has 28 heavy (non-hydrogen) atoms. The molecule has 0 aliphatic rings. The summed E-state index contributed by atoms with van der Waals surface area (Å²) in [5, 5.41) is 5.69. The van der Waals surface area contributed by atoms with E-state index in [1.54, 1.807) is 18.2 Å². The molecule has 10 heteroatoms. The van der Waals surface area contributed by atoms with Crippen LogP contribution in [0.5, 0.6) is 5.75 Å². The number of furan rings is 1. The van der Waals surface area contributed by atoms with E-state index < -0.39 is 24.6 Å². The number of anilines is 2. The van der Waals surface area contributed by atoms with Crippen molar-refractivity contribution in [3.8, 4) is 5.75 Å². The number of thiophene rings is 1. The van der Waals surface area contributed by atoms with Crippen molar-refractivity contribution in [2.45, 2.75) is 6.18 Å². The minimum atomic E-state index is -4.42. The van der Waals surface area contributed by atoms with E-state index in [2.05, 4.69) is 15.4 Å². The van der Waals surface area contributed by atoms with Crippen LogP contribution < -0.4 is 15.4 Å². The fourth-order valence-electron chi connectivity index (χ4n) is 2.10. The Labute approximate surface area is 160 Å². The predicted molar refractivity (Wildman–Crippen MR) is 96.9 cm³/mol. The first-order chi connectivity index (χ1) is 13.3. The predicted octanol–water partition coefficient (Wildman–Crippen LogP) is 4.79. The smallest absolute Gasteiger partial charge is 0.422 e. The van der Waals surface area contributed by atoms with Gasteiger partial charge in [-0.2, -0.15) is 13.2 Å². The summed E-state index contributed by atoms with van der Waals surface area (Å²) in [6, 6.07) is 11.7. The molecule has 0 aliphatic carbocycles. The highest BCUT2D eigenvalue weighted by Crippen LogP contribution is 2.25. The van der Waals surface area contributed by atoms with E-state index in [-0.39, 0.29) is 11.5 Å². The molecule has 0 saturated heterocycles. The van der Waals surface area contributed by atoms with E-state index in [1.807, 2.05) is 0 Å². The van der Waals surface area contributed by atoms with Gasteiger partial charge in [-0.25, -0.2) is 0 Å². The second kappa shape index (κ2) is 8.17. The number of alkyl halides is 3. The van der Waals surface area contributed by atoms with Crippen LogP contribution in [0.15, 0.2) is 59.2 Å². The van der Waals surface area contributed by atoms with Crippen molar-refractivity contribution < 1.29 is 31.9 Å². The summed E-state index contributed by atoms with van der Waals surface area (Å²) in [7, 11) is 0. The molecule has 2 amide bonds. The molecule has 0 saturated carbocycles. The topological polar surface area (TPSA) is 80.6 Å². The molecular weight excluding hydrogens is 397 g/mol. The summed E-state index contributed by atoms with van der Waals surface area (Å²) in [4.78, 5) is 24.5. The van der Waals surface area contributed by atoms with Crippen molar-refractivity contribution in [2.24, 2.45) is 0 Å². The van der Waals surface area contributed by atoms with E-state index in [9.17, 15) is 22.8 Å². The summed E-state index contributed by atoms with van der Waals surface area (Å²) in [6.07, 6.45) is -3.04. The van der Waals surface area contributed by atoms with Gasteiger partial charge in [-0.1, -0.05) is 0 Å². The molecule has 0 fully saturated rings. The lowest BCUT2D eigenvalue weighted by atomic mass is 10.3. The van der Waals surface area contributed by atoms with Crippen LogP contribution in [0.1, 0.15) is 20.2 Å². The van der Waals surface area contributed by atoms with Gasteiger partial charge in [0.05, 0.1) is 16.1 Å². The third-order valence-electron chi connectivity index (χ3n) is 3.33. The highest BCUT2D eigenvalue weighted by Gasteiger charge is 2.28. The SMILES string of the molecule is O=C(Nc1ccc(C(=O)Nc2ccc(OCC(F)(F)F)cc2)s1)c1ccco1. The molecule has 0 radical (unpaired) electrons. The van der Waals surface area contributed by atoms with Crippen molar-refractivity contribution in [3.05, 3.63) is 65.4 Å². The Bertz CT molecular complexity index is 950. The standard InChI is InChI=1S/C18H13F3N2O4S/c19-18(20,21)10-27-12-5-3-11(4-6-12)22-17(25)14-7-8-15(28-14)23-16(24)13-2-1-9-26-13/h1-9H,10H2,(H,22,25)(H,23,24). The second-order valence-corrected chi connectivity index (χ2v) is 6.56. The van der Waals surface area contributed by atoms with Crippen LogP contribution >= 0.6 is 11.3 Å². The average molecular weight is 410 g/mol. The quantitative estimate of drug-likeness (QED) is 0.613. The van der Waals surface area contributed by atoms with Gasteiger partial charge in [0, 0.05) is 5.69 Å². The molecule has 2 aromatic heterocycles. The molecule has 3 aromatic rings. The average Bonchev–Trinajstić information content (AvgIpc) is 3.32. The lowest BCUT2D eigenvalue weighted by Gasteiger charge is -2.09. The first-order valence-corrected chi connectivity index (χ1v) is 8.67. The fourth-order valence-corrected chi connectivity index (χ4v) is 2.90. The van der Waals surface area contributed by atoms with E-state index in [0.717, 1.165) is 11.3 Å². The number of amides is 2. The molecule has 2 N–H and O–H groups in total. The zero-order valence-electron chi connectivity index (χ0n) is 14.1. The van der Waals surface area contributed by atoms with Gasteiger partial charge in [-0.3, -0.25) is 9.59 Å². The third kappa shape index (κ3) is 5.36. The van der Waals surface area contributed by atoms with Crippen molar-refractivity contribution in [1.29, 1.82) is 0 Å². The summed E-state index contributed by atoms with van der Waals surface area (Å²) >= 11 is 1.06. The van der Waals surface area contributed by atoms with E-state index >= 15 is 0 Å². The number of hydrogen-bond acceptors (Lipinski definition) is 5. The number of carbonyl (C=O) groups excluding carboxylic acids is 2. The van der Waals surface area contributed by atoms with Gasteiger partial charge in [0.15, 0.2) is 12.4 Å². The van der Waals surface area contributed by atoms with E-state index in [4.69, 9.17) is 4.42 Å². The summed E-state index contributed by atoms with van der Waals surface area (Å²) in [6.45, 7) is -1.39. The molecule has 0 aliphatic heterocycles. The Hall–Kier alpha value is -3.27. The zero-order chi connectivity index (χ0) is 20.1. The molecule has 6 nitrogen and oxygen atoms in total. The number of rotatable bonds is 6. The van der Waals surface area contributed by atoms with Gasteiger partial charge in [0.1, 0.15) is 5.75 Å². The van der Waals surface area contributed by atoms with Gasteiger partial charge in [-0.05, 0) is 48.5 Å². The van der Waals surface area contributed by atoms with Crippen LogP contribution in [0.2, 0.25) is 0 Å². The van der Waals surface area contributed by atoms with Crippen LogP contribution in [-0.2, 0) is 0 Å². The molecule has 0 unspecified atom stereocenters. The van der Waals surface area contributed by atoms with Crippen LogP contribution in [0.3, 0.4) is 0 Å². The minimum absolute atomic E-state index is 0.0365. The first-order valence-electron chi connectivity index (χ1n) is 7.86. The highest BCUT2D eigenvalue weighted by molar-refractivity contribution is 7.18. The Balaban J connectivity index is 1.56. The fraction of sp³-hybridized carbons (Fsp3) is 0.111. The van der Waals surface area contributed by atoms with Gasteiger partial charge >= 0.3 is 6.18 Å². The van der Waals surface area contributed by atoms with Crippen LogP contribution in [0, 0.1) is 0 Å². The van der Waals surface area contributed by atoms with Gasteiger partial charge in [0.2, 0.25) is 0 Å². The maximum Gasteiger partial charge on any atom is 0.422 e. The molecule has 0 spiro atoms. The molecule has 3 rings (SSSR count). The highest BCUT2D eigenvalue weighted by atomic mass is 32.1. The van der Waals surface area contributed by atoms with Crippen molar-refractivity contribution in [1.82, 2.24) is 0 Å². The summed E-state index contributed by atoms with van der Waals surface area (Å²) in [5.41, 5.74) is 0.388. The number of benzene rings is 1. The van der Waals surface area contributed by atoms with Crippen LogP contribution in [0.25, 0.3) is 0 Å². The molecule has 2 heterocycles. The van der Waals surface area contributed by atoms with Gasteiger partial charge in [0.25, 0.3) is 11.8 Å². The van der Waals surface area contributed by atoms with E-state index in [1.165, 1.54) is 36.6 Å². The Morgan fingerprint density at radius 1 is 1.00 bits per heavy atom. The Morgan fingerprint density at radius 3 is 2.39 bits per heavy atom. The molecule has 0 atom stereocenters. The summed E-state index contributed by atoms with van der Waals surface area (Å²) < 4.78 is 46.0. The van der Waals surface area contributed by atoms with Crippen LogP contribution in [0.4, 0.5) is 23.9 Å². The van der Waals surface area contributed by atoms with Crippen molar-refractivity contribution in [3.63, 3.8) is 0 Å². The van der Waals surface area contributed by atoms with E-state index in [0.29, 0.717) is 15.6 Å². The molecule has 0 bridgehead atoms. The molecule has 146 valence electrons. The third-order valence-corrected chi connectivity index (χ3v) is 4.33. The van der Waals surface area contributed by atoms with Gasteiger partial charge < -0.3 is 19.8 Å². The number of hydrogen-bond donors (Lipinski definition) is 2. The monoisotopic (exact) mass is 410 g/mol. The minimum Gasteiger partial charge on any atom is -0.484 e. The van der Waals surface area contributed by atoms with Gasteiger partial charge in [-0.15, -0.1) is 11.3 Å². The Kier molecular flexibility index (Phi) is 5.69. The lowest BCUT2D eigenvalue weighted by molar-refractivity contribution is -0.153. The number of carbonyl (C=O) groups is 2. The molecular formula is C18H13F3N2O4S. The maximum absolute atomic E-state index is 12.3. The molecule has 1 aromatic carbocycles. The Morgan fingerprint density at radius 2 is 1.75 bits per heavy atom. The summed E-state index contributed by atoms with van der Waals surface area (Å²) in [5.74, 6) is -0.678. The maximum atomic E-state index is 12.3.